The SMILES string of the molecule is COc1cccc2[nH]c(C(C)(C)CCC(C)(C)c3cccc4nc(C)[nH]c34)cc12. The van der Waals surface area contributed by atoms with Gasteiger partial charge in [-0.05, 0) is 55.0 Å². The van der Waals surface area contributed by atoms with Crippen LogP contribution in [0.3, 0.4) is 0 Å². The van der Waals surface area contributed by atoms with Crippen LogP contribution in [0.4, 0.5) is 0 Å². The largest absolute Gasteiger partial charge is 0.496 e. The van der Waals surface area contributed by atoms with Crippen LogP contribution in [0.5, 0.6) is 5.75 Å². The molecular formula is C25H31N3O. The van der Waals surface area contributed by atoms with E-state index in [1.165, 1.54) is 16.8 Å². The number of nitrogens with zero attached hydrogens (tertiary/aromatic N) is 1. The lowest BCUT2D eigenvalue weighted by atomic mass is 9.74. The minimum Gasteiger partial charge on any atom is -0.496 e. The van der Waals surface area contributed by atoms with E-state index in [1.807, 2.05) is 19.1 Å². The van der Waals surface area contributed by atoms with Crippen molar-refractivity contribution in [3.05, 3.63) is 59.5 Å². The van der Waals surface area contributed by atoms with E-state index >= 15 is 0 Å². The molecule has 0 aliphatic carbocycles. The average Bonchev–Trinajstić information content (AvgIpc) is 3.28. The molecule has 4 aromatic rings. The quantitative estimate of drug-likeness (QED) is 0.401. The molecule has 0 saturated carbocycles. The Balaban J connectivity index is 1.61. The van der Waals surface area contributed by atoms with Crippen molar-refractivity contribution in [3.8, 4) is 5.75 Å². The van der Waals surface area contributed by atoms with E-state index in [1.54, 1.807) is 7.11 Å². The number of ether oxygens (including phenoxy) is 1. The second kappa shape index (κ2) is 6.94. The number of hydrogen-bond donors (Lipinski definition) is 2. The van der Waals surface area contributed by atoms with Crippen molar-refractivity contribution < 1.29 is 4.74 Å². The molecule has 4 rings (SSSR count). The number of rotatable bonds is 6. The van der Waals surface area contributed by atoms with Gasteiger partial charge in [-0.1, -0.05) is 45.9 Å². The zero-order chi connectivity index (χ0) is 20.8. The van der Waals surface area contributed by atoms with E-state index in [0.29, 0.717) is 0 Å². The van der Waals surface area contributed by atoms with E-state index in [0.717, 1.165) is 40.8 Å². The van der Waals surface area contributed by atoms with E-state index < -0.39 is 0 Å². The lowest BCUT2D eigenvalue weighted by molar-refractivity contribution is 0.371. The van der Waals surface area contributed by atoms with Crippen LogP contribution in [0.25, 0.3) is 21.9 Å². The van der Waals surface area contributed by atoms with Crippen LogP contribution in [-0.2, 0) is 10.8 Å². The van der Waals surface area contributed by atoms with Gasteiger partial charge in [-0.15, -0.1) is 0 Å². The van der Waals surface area contributed by atoms with Crippen molar-refractivity contribution in [1.29, 1.82) is 0 Å². The van der Waals surface area contributed by atoms with Gasteiger partial charge in [-0.3, -0.25) is 0 Å². The van der Waals surface area contributed by atoms with Gasteiger partial charge < -0.3 is 14.7 Å². The molecule has 2 N–H and O–H groups in total. The smallest absolute Gasteiger partial charge is 0.128 e. The first-order valence-electron chi connectivity index (χ1n) is 10.3. The Kier molecular flexibility index (Phi) is 4.68. The molecule has 4 heteroatoms. The summed E-state index contributed by atoms with van der Waals surface area (Å²) in [6.07, 6.45) is 2.14. The Hall–Kier alpha value is -2.75. The first kappa shape index (κ1) is 19.6. The molecule has 0 spiro atoms. The highest BCUT2D eigenvalue weighted by atomic mass is 16.5. The van der Waals surface area contributed by atoms with E-state index in [-0.39, 0.29) is 10.8 Å². The highest BCUT2D eigenvalue weighted by molar-refractivity contribution is 5.87. The summed E-state index contributed by atoms with van der Waals surface area (Å²) >= 11 is 0. The van der Waals surface area contributed by atoms with Crippen molar-refractivity contribution >= 4 is 21.9 Å². The maximum atomic E-state index is 5.54. The predicted octanol–water partition coefficient (Wildman–Crippen LogP) is 6.40. The second-order valence-corrected chi connectivity index (χ2v) is 9.39. The second-order valence-electron chi connectivity index (χ2n) is 9.39. The molecule has 0 saturated heterocycles. The standard InChI is InChI=1S/C25H31N3O/c1-16-26-20-11-7-9-18(23(20)27-16)24(2,3)13-14-25(4,5)22-15-17-19(28-22)10-8-12-21(17)29-6/h7-12,15,28H,13-14H2,1-6H3,(H,26,27). The van der Waals surface area contributed by atoms with E-state index in [2.05, 4.69) is 73.0 Å². The van der Waals surface area contributed by atoms with E-state index in [9.17, 15) is 0 Å². The Morgan fingerprint density at radius 1 is 0.931 bits per heavy atom. The summed E-state index contributed by atoms with van der Waals surface area (Å²) in [5.41, 5.74) is 6.01. The molecule has 0 bridgehead atoms. The van der Waals surface area contributed by atoms with Gasteiger partial charge in [-0.2, -0.15) is 0 Å². The van der Waals surface area contributed by atoms with Crippen molar-refractivity contribution in [1.82, 2.24) is 15.0 Å². The topological polar surface area (TPSA) is 53.7 Å². The first-order valence-corrected chi connectivity index (χ1v) is 10.3. The molecular weight excluding hydrogens is 358 g/mol. The molecule has 4 nitrogen and oxygen atoms in total. The minimum atomic E-state index is 0.0269. The van der Waals surface area contributed by atoms with Crippen molar-refractivity contribution in [3.63, 3.8) is 0 Å². The first-order chi connectivity index (χ1) is 13.7. The monoisotopic (exact) mass is 389 g/mol. The predicted molar refractivity (Wildman–Crippen MR) is 121 cm³/mol. The van der Waals surface area contributed by atoms with Crippen LogP contribution in [0.15, 0.2) is 42.5 Å². The number of fused-ring (bicyclic) bond motifs is 2. The fourth-order valence-electron chi connectivity index (χ4n) is 4.28. The number of H-pyrrole nitrogens is 2. The number of aromatic nitrogens is 3. The normalized spacial score (nSPS) is 12.8. The Morgan fingerprint density at radius 2 is 1.66 bits per heavy atom. The van der Waals surface area contributed by atoms with Crippen molar-refractivity contribution in [2.75, 3.05) is 7.11 Å². The van der Waals surface area contributed by atoms with Crippen LogP contribution < -0.4 is 4.74 Å². The summed E-state index contributed by atoms with van der Waals surface area (Å²) in [4.78, 5) is 11.7. The molecule has 0 amide bonds. The fraction of sp³-hybridized carbons (Fsp3) is 0.400. The van der Waals surface area contributed by atoms with Crippen LogP contribution in [0.1, 0.15) is 57.6 Å². The molecule has 0 aliphatic rings. The number of nitrogens with one attached hydrogen (secondary N) is 2. The Morgan fingerprint density at radius 3 is 2.41 bits per heavy atom. The zero-order valence-corrected chi connectivity index (χ0v) is 18.3. The van der Waals surface area contributed by atoms with E-state index in [4.69, 9.17) is 4.74 Å². The van der Waals surface area contributed by atoms with Gasteiger partial charge in [0, 0.05) is 22.0 Å². The highest BCUT2D eigenvalue weighted by Crippen LogP contribution is 2.39. The van der Waals surface area contributed by atoms with Gasteiger partial charge in [0.05, 0.1) is 18.1 Å². The van der Waals surface area contributed by atoms with Gasteiger partial charge in [-0.25, -0.2) is 4.98 Å². The number of aryl methyl sites for hydroxylation is 1. The lowest BCUT2D eigenvalue weighted by Crippen LogP contribution is -2.25. The summed E-state index contributed by atoms with van der Waals surface area (Å²) in [6, 6.07) is 14.9. The van der Waals surface area contributed by atoms with Gasteiger partial charge in [0.15, 0.2) is 0 Å². The third kappa shape index (κ3) is 3.52. The number of para-hydroxylation sites is 1. The summed E-state index contributed by atoms with van der Waals surface area (Å²) < 4.78 is 5.54. The number of benzene rings is 2. The van der Waals surface area contributed by atoms with Crippen LogP contribution >= 0.6 is 0 Å². The maximum Gasteiger partial charge on any atom is 0.128 e. The Labute approximate surface area is 172 Å². The molecule has 0 fully saturated rings. The average molecular weight is 390 g/mol. The number of aromatic amines is 2. The van der Waals surface area contributed by atoms with Crippen molar-refractivity contribution in [2.24, 2.45) is 0 Å². The number of methoxy groups -OCH3 is 1. The van der Waals surface area contributed by atoms with Gasteiger partial charge in [0.2, 0.25) is 0 Å². The number of hydrogen-bond acceptors (Lipinski definition) is 2. The molecule has 2 aromatic heterocycles. The zero-order valence-electron chi connectivity index (χ0n) is 18.3. The van der Waals surface area contributed by atoms with Crippen molar-refractivity contribution in [2.45, 2.75) is 58.3 Å². The molecule has 0 unspecified atom stereocenters. The summed E-state index contributed by atoms with van der Waals surface area (Å²) in [5, 5.41) is 1.15. The third-order valence-corrected chi connectivity index (χ3v) is 6.31. The van der Waals surface area contributed by atoms with Gasteiger partial charge >= 0.3 is 0 Å². The highest BCUT2D eigenvalue weighted by Gasteiger charge is 2.30. The summed E-state index contributed by atoms with van der Waals surface area (Å²) in [6.45, 7) is 11.3. The lowest BCUT2D eigenvalue weighted by Gasteiger charge is -2.31. The molecule has 29 heavy (non-hydrogen) atoms. The molecule has 2 aromatic carbocycles. The van der Waals surface area contributed by atoms with Gasteiger partial charge in [0.1, 0.15) is 11.6 Å². The van der Waals surface area contributed by atoms with Gasteiger partial charge in [0.25, 0.3) is 0 Å². The molecule has 2 heterocycles. The maximum absolute atomic E-state index is 5.54. The Bertz CT molecular complexity index is 1160. The van der Waals surface area contributed by atoms with Crippen LogP contribution in [0.2, 0.25) is 0 Å². The van der Waals surface area contributed by atoms with Crippen LogP contribution in [0, 0.1) is 6.92 Å². The molecule has 0 atom stereocenters. The molecule has 0 radical (unpaired) electrons. The minimum absolute atomic E-state index is 0.0269. The number of imidazole rings is 1. The summed E-state index contributed by atoms with van der Waals surface area (Å²) in [5.74, 6) is 1.89. The molecule has 0 aliphatic heterocycles. The summed E-state index contributed by atoms with van der Waals surface area (Å²) in [7, 11) is 1.73. The molecule has 152 valence electrons. The third-order valence-electron chi connectivity index (χ3n) is 6.31. The fourth-order valence-corrected chi connectivity index (χ4v) is 4.28. The van der Waals surface area contributed by atoms with Crippen LogP contribution in [-0.4, -0.2) is 22.1 Å².